The zero-order valence-corrected chi connectivity index (χ0v) is 25.5. The van der Waals surface area contributed by atoms with E-state index in [2.05, 4.69) is 44.9 Å². The number of cyclic esters (lactones) is 1. The van der Waals surface area contributed by atoms with Gasteiger partial charge in [0.15, 0.2) is 5.16 Å². The van der Waals surface area contributed by atoms with Crippen LogP contribution in [0, 0.1) is 0 Å². The first-order valence-corrected chi connectivity index (χ1v) is 15.0. The topological polar surface area (TPSA) is 131 Å². The Morgan fingerprint density at radius 1 is 0.884 bits per heavy atom. The van der Waals surface area contributed by atoms with Gasteiger partial charge in [0, 0.05) is 18.2 Å². The van der Waals surface area contributed by atoms with E-state index in [1.807, 2.05) is 49.6 Å². The minimum Gasteiger partial charge on any atom is -0.457 e. The van der Waals surface area contributed by atoms with E-state index in [1.165, 1.54) is 11.8 Å². The summed E-state index contributed by atoms with van der Waals surface area (Å²) in [6.45, 7) is 8.50. The molecule has 0 bridgehead atoms. The largest absolute Gasteiger partial charge is 0.457 e. The normalized spacial score (nSPS) is 15.8. The molecule has 1 atom stereocenters. The Morgan fingerprint density at radius 3 is 2.09 bits per heavy atom. The lowest BCUT2D eigenvalue weighted by molar-refractivity contribution is -0.135. The number of hydrogen-bond acceptors (Lipinski definition) is 11. The molecule has 43 heavy (non-hydrogen) atoms. The molecule has 2 heterocycles. The highest BCUT2D eigenvalue weighted by Crippen LogP contribution is 2.35. The average molecular weight is 602 g/mol. The molecule has 0 spiro atoms. The molecule has 224 valence electrons. The van der Waals surface area contributed by atoms with Crippen LogP contribution in [0.1, 0.15) is 33.3 Å². The van der Waals surface area contributed by atoms with Crippen molar-refractivity contribution in [2.75, 3.05) is 28.9 Å². The van der Waals surface area contributed by atoms with Gasteiger partial charge in [-0.1, -0.05) is 60.3 Å². The van der Waals surface area contributed by atoms with E-state index in [1.54, 1.807) is 55.5 Å². The molecular weight excluding hydrogens is 566 g/mol. The molecule has 11 nitrogen and oxygen atoms in total. The number of anilines is 3. The van der Waals surface area contributed by atoms with E-state index in [-0.39, 0.29) is 0 Å². The van der Waals surface area contributed by atoms with Gasteiger partial charge in [0.25, 0.3) is 5.91 Å². The van der Waals surface area contributed by atoms with E-state index in [4.69, 9.17) is 9.47 Å². The van der Waals surface area contributed by atoms with E-state index < -0.39 is 17.6 Å². The Morgan fingerprint density at radius 2 is 1.49 bits per heavy atom. The van der Waals surface area contributed by atoms with Crippen molar-refractivity contribution in [3.8, 4) is 11.5 Å². The number of imide groups is 1. The van der Waals surface area contributed by atoms with Crippen LogP contribution in [-0.4, -0.2) is 50.8 Å². The fourth-order valence-electron chi connectivity index (χ4n) is 3.95. The van der Waals surface area contributed by atoms with Crippen molar-refractivity contribution in [2.45, 2.75) is 44.5 Å². The summed E-state index contributed by atoms with van der Waals surface area (Å²) in [4.78, 5) is 37.9. The second kappa shape index (κ2) is 14.4. The van der Waals surface area contributed by atoms with Crippen LogP contribution < -0.4 is 20.8 Å². The highest BCUT2D eigenvalue weighted by atomic mass is 32.2. The first-order valence-electron chi connectivity index (χ1n) is 13.7. The molecule has 0 aliphatic carbocycles. The Labute approximate surface area is 255 Å². The summed E-state index contributed by atoms with van der Waals surface area (Å²) in [5, 5.41) is 7.86. The number of thioether (sulfide) groups is 1. The number of benzene rings is 3. The number of aromatic nitrogens is 3. The van der Waals surface area contributed by atoms with Gasteiger partial charge in [-0.15, -0.1) is 5.01 Å². The molecule has 5 rings (SSSR count). The predicted molar refractivity (Wildman–Crippen MR) is 168 cm³/mol. The van der Waals surface area contributed by atoms with Gasteiger partial charge >= 0.3 is 6.09 Å². The van der Waals surface area contributed by atoms with Gasteiger partial charge in [-0.2, -0.15) is 15.0 Å². The van der Waals surface area contributed by atoms with Crippen LogP contribution in [0.5, 0.6) is 11.5 Å². The number of amides is 2. The van der Waals surface area contributed by atoms with E-state index >= 15 is 0 Å². The lowest BCUT2D eigenvalue weighted by Gasteiger charge is -2.21. The summed E-state index contributed by atoms with van der Waals surface area (Å²) in [6.07, 6.45) is 1.20. The van der Waals surface area contributed by atoms with E-state index in [0.29, 0.717) is 40.7 Å². The summed E-state index contributed by atoms with van der Waals surface area (Å²) in [5.41, 5.74) is 2.55. The Bertz CT molecular complexity index is 1510. The van der Waals surface area contributed by atoms with Crippen LogP contribution in [0.4, 0.5) is 22.4 Å². The number of hydrogen-bond donors (Lipinski definition) is 3. The monoisotopic (exact) mass is 601 g/mol. The van der Waals surface area contributed by atoms with Crippen LogP contribution in [0.3, 0.4) is 0 Å². The second-order valence-electron chi connectivity index (χ2n) is 9.76. The van der Waals surface area contributed by atoms with Crippen molar-refractivity contribution in [3.63, 3.8) is 0 Å². The molecule has 1 unspecified atom stereocenters. The van der Waals surface area contributed by atoms with Gasteiger partial charge in [-0.25, -0.2) is 4.79 Å². The lowest BCUT2D eigenvalue weighted by Crippen LogP contribution is -2.39. The summed E-state index contributed by atoms with van der Waals surface area (Å²) in [5.74, 6) is 2.09. The number of nitrogens with zero attached hydrogens (tertiary/aromatic N) is 4. The van der Waals surface area contributed by atoms with Crippen molar-refractivity contribution in [1.29, 1.82) is 0 Å². The van der Waals surface area contributed by atoms with E-state index in [9.17, 15) is 9.59 Å². The molecule has 1 aromatic heterocycles. The minimum atomic E-state index is -1.41. The highest BCUT2D eigenvalue weighted by molar-refractivity contribution is 7.98. The van der Waals surface area contributed by atoms with Crippen molar-refractivity contribution in [1.82, 2.24) is 20.0 Å². The van der Waals surface area contributed by atoms with Crippen LogP contribution >= 0.6 is 11.8 Å². The Kier molecular flexibility index (Phi) is 10.4. The number of hydrazine groups is 1. The SMILES string of the molecule is CC1(c2ccc(Oc3ccccc3)cc2)OC(=O)N(Nc2ccccc2)C1=O.CCNc1nc(NC(C)C)nc(SC)n1. The number of carbonyl (C=O) groups is 2. The zero-order chi connectivity index (χ0) is 30.8. The molecule has 1 saturated heterocycles. The number of rotatable bonds is 10. The molecule has 1 aliphatic heterocycles. The fraction of sp³-hybridized carbons (Fsp3) is 0.258. The number of carbonyl (C=O) groups excluding carboxylic acids is 2. The van der Waals surface area contributed by atoms with Crippen molar-refractivity contribution in [3.05, 3.63) is 90.5 Å². The van der Waals surface area contributed by atoms with Crippen molar-refractivity contribution in [2.24, 2.45) is 0 Å². The van der Waals surface area contributed by atoms with Crippen LogP contribution in [0.2, 0.25) is 0 Å². The third kappa shape index (κ3) is 8.13. The molecule has 3 N–H and O–H groups in total. The van der Waals surface area contributed by atoms with Gasteiger partial charge in [-0.05, 0) is 70.3 Å². The lowest BCUT2D eigenvalue weighted by atomic mass is 9.95. The molecule has 1 fully saturated rings. The molecular formula is C31H35N7O4S. The quantitative estimate of drug-likeness (QED) is 0.171. The molecule has 12 heteroatoms. The summed E-state index contributed by atoms with van der Waals surface area (Å²) in [6, 6.07) is 25.6. The van der Waals surface area contributed by atoms with Gasteiger partial charge in [0.1, 0.15) is 11.5 Å². The first kappa shape index (κ1) is 31.1. The van der Waals surface area contributed by atoms with Crippen LogP contribution in [0.25, 0.3) is 0 Å². The van der Waals surface area contributed by atoms with Gasteiger partial charge in [0.05, 0.1) is 5.69 Å². The molecule has 4 aromatic rings. The Balaban J connectivity index is 0.000000239. The number of nitrogens with one attached hydrogen (secondary N) is 3. The van der Waals surface area contributed by atoms with Crippen LogP contribution in [-0.2, 0) is 15.1 Å². The highest BCUT2D eigenvalue weighted by Gasteiger charge is 2.52. The maximum absolute atomic E-state index is 12.9. The Hall–Kier alpha value is -4.84. The fourth-order valence-corrected chi connectivity index (χ4v) is 4.31. The zero-order valence-electron chi connectivity index (χ0n) is 24.7. The smallest absolute Gasteiger partial charge is 0.437 e. The molecule has 3 aromatic carbocycles. The third-order valence-corrected chi connectivity index (χ3v) is 6.58. The molecule has 1 aliphatic rings. The standard InChI is InChI=1S/C22H18N2O4.C9H17N5S/c1-22(16-12-14-19(15-13-16)27-18-10-6-3-7-11-18)20(25)24(21(26)28-22)23-17-8-4-2-5-9-17;1-5-10-7-12-8(11-6(2)3)14-9(13-7)15-4/h2-15,23H,1H3;6H,5H2,1-4H3,(H2,10,11,12,13,14). The number of ether oxygens (including phenoxy) is 2. The van der Waals surface area contributed by atoms with Gasteiger partial charge < -0.3 is 20.1 Å². The summed E-state index contributed by atoms with van der Waals surface area (Å²) in [7, 11) is 0. The third-order valence-electron chi connectivity index (χ3n) is 6.03. The van der Waals surface area contributed by atoms with Crippen molar-refractivity contribution >= 4 is 41.3 Å². The van der Waals surface area contributed by atoms with E-state index in [0.717, 1.165) is 16.7 Å². The number of para-hydroxylation sites is 2. The second-order valence-corrected chi connectivity index (χ2v) is 10.5. The van der Waals surface area contributed by atoms with Crippen LogP contribution in [0.15, 0.2) is 90.1 Å². The van der Waals surface area contributed by atoms with Gasteiger partial charge in [0.2, 0.25) is 17.5 Å². The summed E-state index contributed by atoms with van der Waals surface area (Å²) < 4.78 is 11.2. The summed E-state index contributed by atoms with van der Waals surface area (Å²) >= 11 is 1.51. The first-order chi connectivity index (χ1) is 20.7. The maximum Gasteiger partial charge on any atom is 0.437 e. The maximum atomic E-state index is 12.9. The average Bonchev–Trinajstić information content (AvgIpc) is 3.22. The molecule has 0 radical (unpaired) electrons. The predicted octanol–water partition coefficient (Wildman–Crippen LogP) is 6.55. The minimum absolute atomic E-state index is 0.316. The van der Waals surface area contributed by atoms with Gasteiger partial charge in [-0.3, -0.25) is 10.2 Å². The molecule has 2 amide bonds. The van der Waals surface area contributed by atoms with Crippen molar-refractivity contribution < 1.29 is 19.1 Å². The molecule has 0 saturated carbocycles.